The van der Waals surface area contributed by atoms with Crippen molar-refractivity contribution in [2.45, 2.75) is 20.3 Å². The molecule has 0 saturated heterocycles. The Bertz CT molecular complexity index is 413. The quantitative estimate of drug-likeness (QED) is 0.405. The van der Waals surface area contributed by atoms with E-state index in [0.29, 0.717) is 23.7 Å². The lowest BCUT2D eigenvalue weighted by molar-refractivity contribution is 0.101. The van der Waals surface area contributed by atoms with Crippen molar-refractivity contribution in [1.82, 2.24) is 0 Å². The van der Waals surface area contributed by atoms with E-state index < -0.39 is 0 Å². The number of hydrogen-bond acceptors (Lipinski definition) is 3. The molecule has 0 spiro atoms. The van der Waals surface area contributed by atoms with Crippen molar-refractivity contribution < 1.29 is 9.53 Å². The zero-order valence-corrected chi connectivity index (χ0v) is 11.9. The third-order valence-corrected chi connectivity index (χ3v) is 3.54. The van der Waals surface area contributed by atoms with E-state index in [1.165, 1.54) is 0 Å². The van der Waals surface area contributed by atoms with Gasteiger partial charge < -0.3 is 4.74 Å². The van der Waals surface area contributed by atoms with Crippen LogP contribution in [0.3, 0.4) is 0 Å². The van der Waals surface area contributed by atoms with Gasteiger partial charge in [-0.05, 0) is 31.2 Å². The molecule has 1 aromatic carbocycles. The molecule has 0 amide bonds. The predicted molar refractivity (Wildman–Crippen MR) is 78.8 cm³/mol. The first-order valence-corrected chi connectivity index (χ1v) is 7.29. The van der Waals surface area contributed by atoms with E-state index in [1.54, 1.807) is 17.8 Å². The summed E-state index contributed by atoms with van der Waals surface area (Å²) in [6.07, 6.45) is 2.77. The van der Waals surface area contributed by atoms with E-state index in [2.05, 4.69) is 13.5 Å². The smallest absolute Gasteiger partial charge is 0.176 e. The van der Waals surface area contributed by atoms with Crippen LogP contribution in [0, 0.1) is 6.92 Å². The van der Waals surface area contributed by atoms with Gasteiger partial charge in [0.15, 0.2) is 5.78 Å². The molecule has 98 valence electrons. The van der Waals surface area contributed by atoms with Crippen molar-refractivity contribution in [3.8, 4) is 5.75 Å². The van der Waals surface area contributed by atoms with Gasteiger partial charge in [0.25, 0.3) is 0 Å². The lowest BCUT2D eigenvalue weighted by Crippen LogP contribution is -2.07. The largest absolute Gasteiger partial charge is 0.489 e. The second kappa shape index (κ2) is 7.98. The van der Waals surface area contributed by atoms with Gasteiger partial charge in [-0.1, -0.05) is 31.2 Å². The Kier molecular flexibility index (Phi) is 6.58. The summed E-state index contributed by atoms with van der Waals surface area (Å²) in [5, 5.41) is 0. The van der Waals surface area contributed by atoms with Gasteiger partial charge in [-0.25, -0.2) is 0 Å². The van der Waals surface area contributed by atoms with Crippen LogP contribution in [0.4, 0.5) is 0 Å². The molecule has 3 heteroatoms. The number of aryl methyl sites for hydroxylation is 1. The third kappa shape index (κ3) is 4.57. The van der Waals surface area contributed by atoms with Crippen molar-refractivity contribution in [3.05, 3.63) is 42.0 Å². The van der Waals surface area contributed by atoms with Gasteiger partial charge in [0, 0.05) is 0 Å². The SMILES string of the molecule is C=CCOc1ccc(C)cc1C(=O)CSCCC. The maximum Gasteiger partial charge on any atom is 0.176 e. The molecule has 1 rings (SSSR count). The van der Waals surface area contributed by atoms with Gasteiger partial charge in [0.05, 0.1) is 11.3 Å². The summed E-state index contributed by atoms with van der Waals surface area (Å²) in [7, 11) is 0. The monoisotopic (exact) mass is 264 g/mol. The molecule has 0 aromatic heterocycles. The molecule has 18 heavy (non-hydrogen) atoms. The topological polar surface area (TPSA) is 26.3 Å². The first kappa shape index (κ1) is 14.8. The maximum absolute atomic E-state index is 12.1. The highest BCUT2D eigenvalue weighted by atomic mass is 32.2. The van der Waals surface area contributed by atoms with E-state index in [9.17, 15) is 4.79 Å². The summed E-state index contributed by atoms with van der Waals surface area (Å²) in [5.41, 5.74) is 1.75. The van der Waals surface area contributed by atoms with Crippen LogP contribution in [0.2, 0.25) is 0 Å². The Hall–Kier alpha value is -1.22. The first-order valence-electron chi connectivity index (χ1n) is 6.14. The van der Waals surface area contributed by atoms with Crippen molar-refractivity contribution in [1.29, 1.82) is 0 Å². The van der Waals surface area contributed by atoms with Crippen molar-refractivity contribution in [3.63, 3.8) is 0 Å². The van der Waals surface area contributed by atoms with E-state index >= 15 is 0 Å². The van der Waals surface area contributed by atoms with Crippen LogP contribution < -0.4 is 4.74 Å². The molecule has 0 radical (unpaired) electrons. The zero-order chi connectivity index (χ0) is 13.4. The Morgan fingerprint density at radius 2 is 2.28 bits per heavy atom. The normalized spacial score (nSPS) is 10.1. The number of carbonyl (C=O) groups excluding carboxylic acids is 1. The van der Waals surface area contributed by atoms with Crippen molar-refractivity contribution in [2.24, 2.45) is 0 Å². The summed E-state index contributed by atoms with van der Waals surface area (Å²) in [4.78, 5) is 12.1. The van der Waals surface area contributed by atoms with Crippen LogP contribution in [-0.2, 0) is 0 Å². The second-order valence-corrected chi connectivity index (χ2v) is 5.18. The number of rotatable bonds is 8. The summed E-state index contributed by atoms with van der Waals surface area (Å²) in [6, 6.07) is 5.71. The number of thioether (sulfide) groups is 1. The fourth-order valence-electron chi connectivity index (χ4n) is 1.52. The molecule has 0 atom stereocenters. The minimum atomic E-state index is 0.135. The summed E-state index contributed by atoms with van der Waals surface area (Å²) in [5.74, 6) is 2.32. The molecule has 0 N–H and O–H groups in total. The minimum Gasteiger partial charge on any atom is -0.489 e. The Balaban J connectivity index is 2.79. The molecular formula is C15H20O2S. The molecule has 0 saturated carbocycles. The molecule has 0 heterocycles. The molecule has 2 nitrogen and oxygen atoms in total. The van der Waals surface area contributed by atoms with Gasteiger partial charge in [-0.15, -0.1) is 0 Å². The average molecular weight is 264 g/mol. The summed E-state index contributed by atoms with van der Waals surface area (Å²) >= 11 is 1.67. The van der Waals surface area contributed by atoms with Crippen LogP contribution in [0.15, 0.2) is 30.9 Å². The molecule has 1 aromatic rings. The molecule has 0 bridgehead atoms. The fourth-order valence-corrected chi connectivity index (χ4v) is 2.30. The van der Waals surface area contributed by atoms with Crippen LogP contribution in [-0.4, -0.2) is 23.9 Å². The Labute approximate surface area is 113 Å². The standard InChI is InChI=1S/C15H20O2S/c1-4-8-17-15-7-6-12(3)10-13(15)14(16)11-18-9-5-2/h4,6-7,10H,1,5,8-9,11H2,2-3H3. The van der Waals surface area contributed by atoms with Crippen molar-refractivity contribution in [2.75, 3.05) is 18.1 Å². The van der Waals surface area contributed by atoms with Gasteiger partial charge >= 0.3 is 0 Å². The number of hydrogen-bond donors (Lipinski definition) is 0. The zero-order valence-electron chi connectivity index (χ0n) is 11.1. The molecule has 0 aliphatic heterocycles. The third-order valence-electron chi connectivity index (χ3n) is 2.37. The van der Waals surface area contributed by atoms with E-state index in [1.807, 2.05) is 25.1 Å². The van der Waals surface area contributed by atoms with Crippen LogP contribution in [0.25, 0.3) is 0 Å². The lowest BCUT2D eigenvalue weighted by Gasteiger charge is -2.10. The van der Waals surface area contributed by atoms with Crippen LogP contribution in [0.1, 0.15) is 29.3 Å². The molecule has 0 aliphatic carbocycles. The van der Waals surface area contributed by atoms with Gasteiger partial charge in [-0.3, -0.25) is 4.79 Å². The molecule has 0 unspecified atom stereocenters. The van der Waals surface area contributed by atoms with Gasteiger partial charge in [0.1, 0.15) is 12.4 Å². The molecule has 0 aliphatic rings. The van der Waals surface area contributed by atoms with Crippen LogP contribution >= 0.6 is 11.8 Å². The highest BCUT2D eigenvalue weighted by Crippen LogP contribution is 2.22. The molecular weight excluding hydrogens is 244 g/mol. The highest BCUT2D eigenvalue weighted by molar-refractivity contribution is 7.99. The highest BCUT2D eigenvalue weighted by Gasteiger charge is 2.12. The predicted octanol–water partition coefficient (Wildman–Crippen LogP) is 3.89. The fraction of sp³-hybridized carbons (Fsp3) is 0.400. The van der Waals surface area contributed by atoms with Crippen LogP contribution in [0.5, 0.6) is 5.75 Å². The van der Waals surface area contributed by atoms with Crippen molar-refractivity contribution >= 4 is 17.5 Å². The first-order chi connectivity index (χ1) is 8.69. The Morgan fingerprint density at radius 3 is 2.94 bits per heavy atom. The number of ether oxygens (including phenoxy) is 1. The summed E-state index contributed by atoms with van der Waals surface area (Å²) in [6.45, 7) is 8.13. The number of benzene rings is 1. The second-order valence-electron chi connectivity index (χ2n) is 4.08. The number of Topliss-reactive ketones (excluding diaryl/α,β-unsaturated/α-hetero) is 1. The number of carbonyl (C=O) groups is 1. The van der Waals surface area contributed by atoms with Gasteiger partial charge in [0.2, 0.25) is 0 Å². The summed E-state index contributed by atoms with van der Waals surface area (Å²) < 4.78 is 5.52. The van der Waals surface area contributed by atoms with E-state index in [0.717, 1.165) is 17.7 Å². The lowest BCUT2D eigenvalue weighted by atomic mass is 10.1. The minimum absolute atomic E-state index is 0.135. The Morgan fingerprint density at radius 1 is 1.50 bits per heavy atom. The van der Waals surface area contributed by atoms with E-state index in [-0.39, 0.29) is 5.78 Å². The molecule has 0 fully saturated rings. The van der Waals surface area contributed by atoms with E-state index in [4.69, 9.17) is 4.74 Å². The maximum atomic E-state index is 12.1. The van der Waals surface area contributed by atoms with Gasteiger partial charge in [-0.2, -0.15) is 11.8 Å². The average Bonchev–Trinajstić information content (AvgIpc) is 2.37. The number of ketones is 1.